The Morgan fingerprint density at radius 2 is 2.00 bits per heavy atom. The normalized spacial score (nSPS) is 33.6. The molecule has 4 atom stereocenters. The lowest BCUT2D eigenvalue weighted by Crippen LogP contribution is -2.50. The molecule has 3 aliphatic rings. The van der Waals surface area contributed by atoms with Gasteiger partial charge in [-0.3, -0.25) is 15.0 Å². The second kappa shape index (κ2) is 5.86. The second-order valence-electron chi connectivity index (χ2n) is 7.45. The molecule has 0 aromatic heterocycles. The maximum absolute atomic E-state index is 13.0. The van der Waals surface area contributed by atoms with E-state index in [1.165, 1.54) is 6.42 Å². The summed E-state index contributed by atoms with van der Waals surface area (Å²) in [7, 11) is 0. The van der Waals surface area contributed by atoms with Crippen LogP contribution in [0.2, 0.25) is 0 Å². The van der Waals surface area contributed by atoms with Crippen molar-refractivity contribution >= 4 is 17.8 Å². The van der Waals surface area contributed by atoms with Gasteiger partial charge in [-0.05, 0) is 43.1 Å². The van der Waals surface area contributed by atoms with Crippen LogP contribution in [-0.4, -0.2) is 22.9 Å². The number of imide groups is 1. The van der Waals surface area contributed by atoms with Gasteiger partial charge in [0.1, 0.15) is 5.54 Å². The zero-order chi connectivity index (χ0) is 17.6. The number of benzene rings is 1. The molecule has 2 aliphatic carbocycles. The molecule has 6 nitrogen and oxygen atoms in total. The molecule has 3 fully saturated rings. The molecule has 1 heterocycles. The lowest BCUT2D eigenvalue weighted by Gasteiger charge is -2.26. The molecule has 2 bridgehead atoms. The molecule has 1 aromatic carbocycles. The van der Waals surface area contributed by atoms with Crippen molar-refractivity contribution in [2.45, 2.75) is 44.6 Å². The highest BCUT2D eigenvalue weighted by atomic mass is 16.2. The monoisotopic (exact) mass is 341 g/mol. The maximum Gasteiger partial charge on any atom is 0.344 e. The first-order valence-corrected chi connectivity index (χ1v) is 9.08. The van der Waals surface area contributed by atoms with Gasteiger partial charge < -0.3 is 5.32 Å². The summed E-state index contributed by atoms with van der Waals surface area (Å²) in [4.78, 5) is 38.1. The van der Waals surface area contributed by atoms with Crippen LogP contribution in [0.1, 0.15) is 44.6 Å². The molecule has 1 aliphatic heterocycles. The molecule has 1 aromatic rings. The molecular weight excluding hydrogens is 318 g/mol. The molecule has 2 N–H and O–H groups in total. The molecule has 132 valence electrons. The van der Waals surface area contributed by atoms with Gasteiger partial charge in [0.15, 0.2) is 0 Å². The van der Waals surface area contributed by atoms with Gasteiger partial charge in [-0.15, -0.1) is 0 Å². The van der Waals surface area contributed by atoms with E-state index in [0.717, 1.165) is 29.8 Å². The first-order valence-electron chi connectivity index (χ1n) is 9.08. The van der Waals surface area contributed by atoms with E-state index in [-0.39, 0.29) is 11.8 Å². The van der Waals surface area contributed by atoms with Crippen LogP contribution in [0.3, 0.4) is 0 Å². The number of nitrogens with zero attached hydrogens (tertiary/aromatic N) is 1. The number of hydrogen-bond acceptors (Lipinski definition) is 3. The molecule has 4 rings (SSSR count). The van der Waals surface area contributed by atoms with Crippen molar-refractivity contribution in [1.29, 1.82) is 0 Å². The van der Waals surface area contributed by atoms with Gasteiger partial charge in [-0.2, -0.15) is 5.01 Å². The third-order valence-electron chi connectivity index (χ3n) is 6.19. The fraction of sp³-hybridized carbons (Fsp3) is 0.526. The Labute approximate surface area is 146 Å². The number of carbonyl (C=O) groups is 3. The topological polar surface area (TPSA) is 78.5 Å². The van der Waals surface area contributed by atoms with Crippen molar-refractivity contribution in [3.8, 4) is 0 Å². The predicted octanol–water partition coefficient (Wildman–Crippen LogP) is 2.31. The molecule has 4 amide bonds. The van der Waals surface area contributed by atoms with Crippen molar-refractivity contribution in [3.05, 3.63) is 35.9 Å². The molecule has 0 unspecified atom stereocenters. The standard InChI is InChI=1S/C19H23N3O3/c1-2-19(14-6-4-3-5-7-14)17(24)22(18(25)20-19)21-16(23)15-11-12-8-9-13(15)10-12/h3-7,12-13,15H,2,8-11H2,1H3,(H,20,25)(H,21,23)/t12-,13-,15+,19+/m0/s1. The Morgan fingerprint density at radius 1 is 1.24 bits per heavy atom. The molecule has 0 radical (unpaired) electrons. The van der Waals surface area contributed by atoms with Gasteiger partial charge >= 0.3 is 6.03 Å². The minimum atomic E-state index is -1.11. The van der Waals surface area contributed by atoms with E-state index in [4.69, 9.17) is 0 Å². The van der Waals surface area contributed by atoms with Crippen LogP contribution < -0.4 is 10.7 Å². The van der Waals surface area contributed by atoms with Crippen LogP contribution >= 0.6 is 0 Å². The Balaban J connectivity index is 1.54. The molecule has 25 heavy (non-hydrogen) atoms. The Morgan fingerprint density at radius 3 is 2.60 bits per heavy atom. The largest absolute Gasteiger partial charge is 0.344 e. The summed E-state index contributed by atoms with van der Waals surface area (Å²) in [5.74, 6) is 0.338. The third kappa shape index (κ3) is 2.42. The lowest BCUT2D eigenvalue weighted by atomic mass is 9.87. The highest BCUT2D eigenvalue weighted by molar-refractivity contribution is 6.08. The number of fused-ring (bicyclic) bond motifs is 2. The van der Waals surface area contributed by atoms with Crippen molar-refractivity contribution in [2.75, 3.05) is 0 Å². The van der Waals surface area contributed by atoms with Crippen molar-refractivity contribution in [1.82, 2.24) is 15.8 Å². The van der Waals surface area contributed by atoms with Crippen LogP contribution in [0.25, 0.3) is 0 Å². The predicted molar refractivity (Wildman–Crippen MR) is 90.9 cm³/mol. The van der Waals surface area contributed by atoms with Crippen molar-refractivity contribution in [3.63, 3.8) is 0 Å². The number of urea groups is 1. The molecular formula is C19H23N3O3. The summed E-state index contributed by atoms with van der Waals surface area (Å²) >= 11 is 0. The Kier molecular flexibility index (Phi) is 3.78. The third-order valence-corrected chi connectivity index (χ3v) is 6.19. The van der Waals surface area contributed by atoms with Crippen molar-refractivity contribution in [2.24, 2.45) is 17.8 Å². The van der Waals surface area contributed by atoms with E-state index >= 15 is 0 Å². The van der Waals surface area contributed by atoms with Gasteiger partial charge in [-0.1, -0.05) is 43.7 Å². The number of nitrogens with one attached hydrogen (secondary N) is 2. The first-order chi connectivity index (χ1) is 12.0. The van der Waals surface area contributed by atoms with Gasteiger partial charge in [0.2, 0.25) is 5.91 Å². The number of hydrogen-bond donors (Lipinski definition) is 2. The minimum absolute atomic E-state index is 0.0762. The van der Waals surface area contributed by atoms with Crippen LogP contribution in [-0.2, 0) is 15.1 Å². The van der Waals surface area contributed by atoms with Crippen LogP contribution in [0.15, 0.2) is 30.3 Å². The zero-order valence-corrected chi connectivity index (χ0v) is 14.3. The minimum Gasteiger partial charge on any atom is -0.318 e. The zero-order valence-electron chi connectivity index (χ0n) is 14.3. The van der Waals surface area contributed by atoms with E-state index in [9.17, 15) is 14.4 Å². The van der Waals surface area contributed by atoms with Crippen molar-refractivity contribution < 1.29 is 14.4 Å². The summed E-state index contributed by atoms with van der Waals surface area (Å²) in [6.45, 7) is 1.85. The van der Waals surface area contributed by atoms with Gasteiger partial charge in [-0.25, -0.2) is 4.79 Å². The van der Waals surface area contributed by atoms with E-state index < -0.39 is 17.5 Å². The summed E-state index contributed by atoms with van der Waals surface area (Å²) in [6.07, 6.45) is 4.66. The smallest absolute Gasteiger partial charge is 0.318 e. The summed E-state index contributed by atoms with van der Waals surface area (Å²) in [5, 5.41) is 3.67. The van der Waals surface area contributed by atoms with Crippen LogP contribution in [0.4, 0.5) is 4.79 Å². The number of rotatable bonds is 4. The van der Waals surface area contributed by atoms with Crippen LogP contribution in [0.5, 0.6) is 0 Å². The average Bonchev–Trinajstić information content (AvgIpc) is 3.32. The van der Waals surface area contributed by atoms with E-state index in [2.05, 4.69) is 10.7 Å². The summed E-state index contributed by atoms with van der Waals surface area (Å²) in [6, 6.07) is 8.62. The highest BCUT2D eigenvalue weighted by Crippen LogP contribution is 2.48. The maximum atomic E-state index is 13.0. The molecule has 6 heteroatoms. The molecule has 2 saturated carbocycles. The number of carbonyl (C=O) groups excluding carboxylic acids is 3. The van der Waals surface area contributed by atoms with Gasteiger partial charge in [0.05, 0.1) is 0 Å². The second-order valence-corrected chi connectivity index (χ2v) is 7.45. The average molecular weight is 341 g/mol. The fourth-order valence-corrected chi connectivity index (χ4v) is 4.80. The molecule has 1 saturated heterocycles. The Bertz CT molecular complexity index is 720. The van der Waals surface area contributed by atoms with Gasteiger partial charge in [0, 0.05) is 5.92 Å². The first kappa shape index (κ1) is 16.1. The lowest BCUT2D eigenvalue weighted by molar-refractivity contribution is -0.141. The van der Waals surface area contributed by atoms with E-state index in [1.54, 1.807) is 0 Å². The molecule has 0 spiro atoms. The Hall–Kier alpha value is -2.37. The van der Waals surface area contributed by atoms with E-state index in [0.29, 0.717) is 18.3 Å². The fourth-order valence-electron chi connectivity index (χ4n) is 4.80. The summed E-state index contributed by atoms with van der Waals surface area (Å²) in [5.41, 5.74) is 2.22. The van der Waals surface area contributed by atoms with Gasteiger partial charge in [0.25, 0.3) is 5.91 Å². The quantitative estimate of drug-likeness (QED) is 0.825. The van der Waals surface area contributed by atoms with E-state index in [1.807, 2.05) is 37.3 Å². The summed E-state index contributed by atoms with van der Waals surface area (Å²) < 4.78 is 0. The number of amides is 4. The number of hydrazine groups is 1. The van der Waals surface area contributed by atoms with Crippen LogP contribution in [0, 0.1) is 17.8 Å². The SMILES string of the molecule is CC[C@]1(c2ccccc2)NC(=O)N(NC(=O)[C@@H]2C[C@H]3CC[C@H]2C3)C1=O. The highest BCUT2D eigenvalue weighted by Gasteiger charge is 2.53.